The summed E-state index contributed by atoms with van der Waals surface area (Å²) in [5.74, 6) is -1.75. The largest absolute Gasteiger partial charge is 0.465 e. The Morgan fingerprint density at radius 1 is 1.03 bits per heavy atom. The molecule has 0 saturated carbocycles. The highest BCUT2D eigenvalue weighted by Crippen LogP contribution is 2.30. The van der Waals surface area contributed by atoms with Gasteiger partial charge in [0.15, 0.2) is 5.69 Å². The molecule has 0 saturated heterocycles. The summed E-state index contributed by atoms with van der Waals surface area (Å²) in [6.45, 7) is 1.23. The number of aromatic nitrogens is 3. The molecule has 0 fully saturated rings. The standard InChI is InChI=1S/C21H18F3N5O4/c1-12-18(19(31)26-16-5-3-4-14(10-16)21(22,23)24)27-28-29(12)11-17(30)25-15-8-6-13(7-9-15)20(32)33-2/h3-10H,11H2,1-2H3,(H,25,30)(H,26,31). The first-order valence-corrected chi connectivity index (χ1v) is 9.45. The zero-order valence-electron chi connectivity index (χ0n) is 17.4. The zero-order valence-corrected chi connectivity index (χ0v) is 17.4. The van der Waals surface area contributed by atoms with Gasteiger partial charge in [-0.2, -0.15) is 13.2 Å². The van der Waals surface area contributed by atoms with Crippen LogP contribution >= 0.6 is 0 Å². The van der Waals surface area contributed by atoms with Crippen LogP contribution in [0.1, 0.15) is 32.1 Å². The van der Waals surface area contributed by atoms with Crippen molar-refractivity contribution in [3.63, 3.8) is 0 Å². The van der Waals surface area contributed by atoms with Gasteiger partial charge in [-0.05, 0) is 49.4 Å². The van der Waals surface area contributed by atoms with Crippen molar-refractivity contribution >= 4 is 29.2 Å². The van der Waals surface area contributed by atoms with E-state index in [2.05, 4.69) is 25.7 Å². The molecule has 1 aromatic heterocycles. The molecule has 0 aliphatic heterocycles. The van der Waals surface area contributed by atoms with Crippen molar-refractivity contribution in [1.82, 2.24) is 15.0 Å². The molecule has 9 nitrogen and oxygen atoms in total. The normalized spacial score (nSPS) is 11.1. The van der Waals surface area contributed by atoms with E-state index in [4.69, 9.17) is 0 Å². The van der Waals surface area contributed by atoms with Gasteiger partial charge in [-0.1, -0.05) is 11.3 Å². The van der Waals surface area contributed by atoms with Crippen LogP contribution in [0.4, 0.5) is 24.5 Å². The molecule has 0 bridgehead atoms. The van der Waals surface area contributed by atoms with Gasteiger partial charge in [-0.3, -0.25) is 9.59 Å². The Hall–Kier alpha value is -4.22. The van der Waals surface area contributed by atoms with E-state index >= 15 is 0 Å². The maximum absolute atomic E-state index is 12.8. The number of benzene rings is 2. The second-order valence-electron chi connectivity index (χ2n) is 6.83. The minimum atomic E-state index is -4.55. The average Bonchev–Trinajstić information content (AvgIpc) is 3.13. The monoisotopic (exact) mass is 461 g/mol. The van der Waals surface area contributed by atoms with E-state index in [0.717, 1.165) is 12.1 Å². The Balaban J connectivity index is 1.65. The Bertz CT molecular complexity index is 1190. The van der Waals surface area contributed by atoms with Gasteiger partial charge in [0.25, 0.3) is 5.91 Å². The quantitative estimate of drug-likeness (QED) is 0.545. The van der Waals surface area contributed by atoms with E-state index in [1.807, 2.05) is 0 Å². The topological polar surface area (TPSA) is 115 Å². The van der Waals surface area contributed by atoms with Crippen LogP contribution in [0.5, 0.6) is 0 Å². The first-order valence-electron chi connectivity index (χ1n) is 9.45. The molecule has 2 aromatic carbocycles. The Labute approximate surface area is 185 Å². The molecule has 0 spiro atoms. The first-order chi connectivity index (χ1) is 15.6. The van der Waals surface area contributed by atoms with E-state index < -0.39 is 29.5 Å². The highest BCUT2D eigenvalue weighted by Gasteiger charge is 2.30. The molecule has 33 heavy (non-hydrogen) atoms. The number of nitrogens with zero attached hydrogens (tertiary/aromatic N) is 3. The number of esters is 1. The molecule has 3 aromatic rings. The van der Waals surface area contributed by atoms with Crippen LogP contribution < -0.4 is 10.6 Å². The van der Waals surface area contributed by atoms with Gasteiger partial charge in [0, 0.05) is 11.4 Å². The second-order valence-corrected chi connectivity index (χ2v) is 6.83. The molecule has 1 heterocycles. The number of carbonyl (C=O) groups excluding carboxylic acids is 3. The van der Waals surface area contributed by atoms with Crippen LogP contribution in [-0.2, 0) is 22.3 Å². The summed E-state index contributed by atoms with van der Waals surface area (Å²) in [7, 11) is 1.26. The number of methoxy groups -OCH3 is 1. The summed E-state index contributed by atoms with van der Waals surface area (Å²) in [5, 5.41) is 12.5. The van der Waals surface area contributed by atoms with Gasteiger partial charge in [-0.15, -0.1) is 5.10 Å². The number of carbonyl (C=O) groups is 3. The average molecular weight is 461 g/mol. The molecular formula is C21H18F3N5O4. The number of hydrogen-bond acceptors (Lipinski definition) is 6. The SMILES string of the molecule is COC(=O)c1ccc(NC(=O)Cn2nnc(C(=O)Nc3cccc(C(F)(F)F)c3)c2C)cc1. The third kappa shape index (κ3) is 5.73. The summed E-state index contributed by atoms with van der Waals surface area (Å²) >= 11 is 0. The van der Waals surface area contributed by atoms with Crippen molar-refractivity contribution in [2.75, 3.05) is 17.7 Å². The third-order valence-corrected chi connectivity index (χ3v) is 4.53. The maximum Gasteiger partial charge on any atom is 0.416 e. The van der Waals surface area contributed by atoms with Crippen molar-refractivity contribution in [3.05, 3.63) is 71.0 Å². The zero-order chi connectivity index (χ0) is 24.2. The van der Waals surface area contributed by atoms with Crippen LogP contribution in [0, 0.1) is 6.92 Å². The predicted octanol–water partition coefficient (Wildman–Crippen LogP) is 3.28. The molecule has 3 rings (SSSR count). The second kappa shape index (κ2) is 9.51. The van der Waals surface area contributed by atoms with Gasteiger partial charge in [0.1, 0.15) is 6.54 Å². The third-order valence-electron chi connectivity index (χ3n) is 4.53. The molecular weight excluding hydrogens is 443 g/mol. The van der Waals surface area contributed by atoms with Crippen molar-refractivity contribution in [3.8, 4) is 0 Å². The first kappa shape index (κ1) is 23.4. The van der Waals surface area contributed by atoms with E-state index in [1.54, 1.807) is 0 Å². The molecule has 0 atom stereocenters. The van der Waals surface area contributed by atoms with Crippen LogP contribution in [0.3, 0.4) is 0 Å². The lowest BCUT2D eigenvalue weighted by atomic mass is 10.2. The minimum Gasteiger partial charge on any atom is -0.465 e. The van der Waals surface area contributed by atoms with E-state index in [9.17, 15) is 27.6 Å². The van der Waals surface area contributed by atoms with Crippen LogP contribution in [-0.4, -0.2) is 39.9 Å². The Kier molecular flexibility index (Phi) is 6.75. The number of anilines is 2. The molecule has 2 N–H and O–H groups in total. The molecule has 12 heteroatoms. The lowest BCUT2D eigenvalue weighted by molar-refractivity contribution is -0.137. The van der Waals surface area contributed by atoms with Crippen LogP contribution in [0.2, 0.25) is 0 Å². The van der Waals surface area contributed by atoms with Crippen molar-refractivity contribution in [2.24, 2.45) is 0 Å². The van der Waals surface area contributed by atoms with Crippen molar-refractivity contribution in [1.29, 1.82) is 0 Å². The van der Waals surface area contributed by atoms with Gasteiger partial charge in [0.2, 0.25) is 5.91 Å². The van der Waals surface area contributed by atoms with E-state index in [1.165, 1.54) is 55.1 Å². The number of ether oxygens (including phenoxy) is 1. The van der Waals surface area contributed by atoms with E-state index in [0.29, 0.717) is 11.3 Å². The molecule has 172 valence electrons. The maximum atomic E-state index is 12.8. The number of rotatable bonds is 6. The minimum absolute atomic E-state index is 0.0584. The fourth-order valence-corrected chi connectivity index (χ4v) is 2.83. The summed E-state index contributed by atoms with van der Waals surface area (Å²) < 4.78 is 44.3. The lowest BCUT2D eigenvalue weighted by Gasteiger charge is -2.09. The summed E-state index contributed by atoms with van der Waals surface area (Å²) in [4.78, 5) is 36.2. The molecule has 0 unspecified atom stereocenters. The highest BCUT2D eigenvalue weighted by atomic mass is 19.4. The molecule has 0 aliphatic rings. The molecule has 0 aliphatic carbocycles. The van der Waals surface area contributed by atoms with Crippen molar-refractivity contribution < 1.29 is 32.3 Å². The van der Waals surface area contributed by atoms with Gasteiger partial charge in [-0.25, -0.2) is 9.48 Å². The highest BCUT2D eigenvalue weighted by molar-refractivity contribution is 6.03. The Morgan fingerprint density at radius 2 is 1.73 bits per heavy atom. The number of amides is 2. The summed E-state index contributed by atoms with van der Waals surface area (Å²) in [6, 6.07) is 10.2. The van der Waals surface area contributed by atoms with Crippen LogP contribution in [0.25, 0.3) is 0 Å². The summed E-state index contributed by atoms with van der Waals surface area (Å²) in [6.07, 6.45) is -4.55. The van der Waals surface area contributed by atoms with Gasteiger partial charge < -0.3 is 15.4 Å². The van der Waals surface area contributed by atoms with Crippen LogP contribution in [0.15, 0.2) is 48.5 Å². The number of halogens is 3. The summed E-state index contributed by atoms with van der Waals surface area (Å²) in [5.41, 5.74) is -0.112. The Morgan fingerprint density at radius 3 is 2.36 bits per heavy atom. The number of hydrogen-bond donors (Lipinski definition) is 2. The fraction of sp³-hybridized carbons (Fsp3) is 0.190. The molecule has 0 radical (unpaired) electrons. The number of nitrogens with one attached hydrogen (secondary N) is 2. The van der Waals surface area contributed by atoms with E-state index in [-0.39, 0.29) is 23.6 Å². The fourth-order valence-electron chi connectivity index (χ4n) is 2.83. The van der Waals surface area contributed by atoms with Gasteiger partial charge >= 0.3 is 12.1 Å². The predicted molar refractivity (Wildman–Crippen MR) is 111 cm³/mol. The van der Waals surface area contributed by atoms with Crippen molar-refractivity contribution in [2.45, 2.75) is 19.6 Å². The smallest absolute Gasteiger partial charge is 0.416 e. The molecule has 2 amide bonds. The van der Waals surface area contributed by atoms with Gasteiger partial charge in [0.05, 0.1) is 23.9 Å². The lowest BCUT2D eigenvalue weighted by Crippen LogP contribution is -2.21. The number of alkyl halides is 3.